The molecular weight excluding hydrogens is 969 g/mol. The minimum atomic E-state index is -4.88. The maximum Gasteiger partial charge on any atom is 0.420 e. The first-order chi connectivity index (χ1) is 32.4. The van der Waals surface area contributed by atoms with E-state index in [1.165, 1.54) is 24.5 Å². The van der Waals surface area contributed by atoms with E-state index in [2.05, 4.69) is 25.9 Å². The number of hydrogen-bond acceptors (Lipinski definition) is 11. The summed E-state index contributed by atoms with van der Waals surface area (Å²) < 4.78 is 75.3. The number of aliphatic carboxylic acids is 1. The molecule has 0 aliphatic carbocycles. The van der Waals surface area contributed by atoms with Gasteiger partial charge in [0.15, 0.2) is 11.2 Å². The minimum Gasteiger partial charge on any atom is -0.480 e. The number of alkyl halides is 6. The van der Waals surface area contributed by atoms with Crippen LogP contribution in [-0.4, -0.2) is 113 Å². The van der Waals surface area contributed by atoms with Crippen molar-refractivity contribution in [3.63, 3.8) is 0 Å². The van der Waals surface area contributed by atoms with Crippen LogP contribution in [0.5, 0.6) is 0 Å². The zero-order valence-electron chi connectivity index (χ0n) is 35.4. The maximum atomic E-state index is 13.1. The quantitative estimate of drug-likeness (QED) is 0.107. The number of carbonyl (C=O) groups is 4. The SMILES string of the molecule is O=C(NCc1ccc(Cl)cc1)c1cc2cccnc2n(CC(=O)N2CC(O)(C(F)(F)F)C2)c1=O.O=C(O)Cn1c(=O)c(C(=O)NCc2ccc(Cl)cc2)cc2cccnc21.OC1(C(F)(F)F)CNC1. The molecule has 6 aromatic rings. The third-order valence-electron chi connectivity index (χ3n) is 10.7. The molecule has 0 spiro atoms. The summed E-state index contributed by atoms with van der Waals surface area (Å²) in [6.07, 6.45) is -6.51. The second-order valence-electron chi connectivity index (χ2n) is 15.7. The number of carbonyl (C=O) groups excluding carboxylic acids is 3. The first kappa shape index (κ1) is 51.5. The van der Waals surface area contributed by atoms with Crippen LogP contribution in [0.15, 0.2) is 107 Å². The van der Waals surface area contributed by atoms with Crippen LogP contribution in [-0.2, 0) is 35.8 Å². The van der Waals surface area contributed by atoms with E-state index in [0.717, 1.165) is 25.2 Å². The number of pyridine rings is 4. The number of aliphatic hydroxyl groups is 2. The van der Waals surface area contributed by atoms with Crippen molar-refractivity contribution in [2.24, 2.45) is 0 Å². The van der Waals surface area contributed by atoms with E-state index < -0.39 is 84.5 Å². The summed E-state index contributed by atoms with van der Waals surface area (Å²) in [5.74, 6) is -3.29. The lowest BCUT2D eigenvalue weighted by Crippen LogP contribution is -2.70. The summed E-state index contributed by atoms with van der Waals surface area (Å²) in [6.45, 7) is -3.52. The van der Waals surface area contributed by atoms with E-state index >= 15 is 0 Å². The summed E-state index contributed by atoms with van der Waals surface area (Å²) >= 11 is 11.7. The lowest BCUT2D eigenvalue weighted by molar-refractivity contribution is -0.297. The lowest BCUT2D eigenvalue weighted by atomic mass is 9.93. The van der Waals surface area contributed by atoms with Crippen molar-refractivity contribution >= 4 is 69.0 Å². The lowest BCUT2D eigenvalue weighted by Gasteiger charge is -2.46. The fourth-order valence-electron chi connectivity index (χ4n) is 6.66. The highest BCUT2D eigenvalue weighted by Crippen LogP contribution is 2.38. The van der Waals surface area contributed by atoms with Gasteiger partial charge < -0.3 is 36.2 Å². The highest BCUT2D eigenvalue weighted by molar-refractivity contribution is 6.30. The maximum absolute atomic E-state index is 13.1. The summed E-state index contributed by atoms with van der Waals surface area (Å²) in [5.41, 5.74) is -5.47. The van der Waals surface area contributed by atoms with Crippen molar-refractivity contribution in [2.45, 2.75) is 49.7 Å². The van der Waals surface area contributed by atoms with Crippen molar-refractivity contribution in [2.75, 3.05) is 26.2 Å². The van der Waals surface area contributed by atoms with E-state index in [1.54, 1.807) is 72.8 Å². The highest BCUT2D eigenvalue weighted by Gasteiger charge is 2.62. The summed E-state index contributed by atoms with van der Waals surface area (Å²) in [4.78, 5) is 83.5. The average molecular weight is 1010 g/mol. The Kier molecular flexibility index (Phi) is 15.5. The number of halogens is 8. The van der Waals surface area contributed by atoms with Gasteiger partial charge in [-0.25, -0.2) is 9.97 Å². The molecule has 6 heterocycles. The van der Waals surface area contributed by atoms with E-state index in [4.69, 9.17) is 33.4 Å². The number of nitrogens with one attached hydrogen (secondary N) is 3. The van der Waals surface area contributed by atoms with Gasteiger partial charge in [0, 0.05) is 59.4 Å². The second kappa shape index (κ2) is 20.7. The number of carboxylic acids is 1. The van der Waals surface area contributed by atoms with E-state index in [-0.39, 0.29) is 48.6 Å². The third-order valence-corrected chi connectivity index (χ3v) is 11.2. The molecule has 4 aromatic heterocycles. The molecule has 2 aromatic carbocycles. The van der Waals surface area contributed by atoms with Gasteiger partial charge in [0.05, 0.1) is 13.1 Å². The monoisotopic (exact) mass is 1010 g/mol. The van der Waals surface area contributed by atoms with Crippen molar-refractivity contribution in [3.8, 4) is 0 Å². The van der Waals surface area contributed by atoms with Crippen molar-refractivity contribution in [1.82, 2.24) is 40.0 Å². The Hall–Kier alpha value is -6.92. The fraction of sp³-hybridized carbons (Fsp3) is 0.273. The number of fused-ring (bicyclic) bond motifs is 2. The van der Waals surface area contributed by atoms with Crippen molar-refractivity contribution in [3.05, 3.63) is 150 Å². The van der Waals surface area contributed by atoms with Gasteiger partial charge in [0.1, 0.15) is 35.5 Å². The van der Waals surface area contributed by atoms with E-state index in [1.807, 2.05) is 0 Å². The van der Waals surface area contributed by atoms with Crippen LogP contribution in [0.25, 0.3) is 22.1 Å². The molecular formula is C44H38Cl2F6N8O9. The Bertz CT molecular complexity index is 3010. The predicted molar refractivity (Wildman–Crippen MR) is 236 cm³/mol. The molecule has 8 rings (SSSR count). The number of carboxylic acid groups (broad SMARTS) is 1. The van der Waals surface area contributed by atoms with Gasteiger partial charge in [-0.05, 0) is 71.8 Å². The van der Waals surface area contributed by atoms with Gasteiger partial charge in [0.25, 0.3) is 22.9 Å². The third kappa shape index (κ3) is 12.0. The van der Waals surface area contributed by atoms with E-state index in [0.29, 0.717) is 20.8 Å². The summed E-state index contributed by atoms with van der Waals surface area (Å²) in [6, 6.07) is 22.9. The molecule has 2 aliphatic heterocycles. The normalized spacial score (nSPS) is 14.8. The summed E-state index contributed by atoms with van der Waals surface area (Å²) in [7, 11) is 0. The van der Waals surface area contributed by atoms with E-state index in [9.17, 15) is 60.2 Å². The van der Waals surface area contributed by atoms with Crippen LogP contribution in [0.2, 0.25) is 10.0 Å². The molecule has 0 radical (unpaired) electrons. The smallest absolute Gasteiger partial charge is 0.420 e. The zero-order chi connectivity index (χ0) is 50.5. The number of β-amino-alcohol motifs (C(OH)–C–C–N with tert-alkyl or cyclic N) is 2. The fourth-order valence-corrected chi connectivity index (χ4v) is 6.92. The topological polar surface area (TPSA) is 238 Å². The number of rotatable bonds is 10. The molecule has 6 N–H and O–H groups in total. The van der Waals surface area contributed by atoms with Gasteiger partial charge in [0.2, 0.25) is 5.91 Å². The van der Waals surface area contributed by atoms with Crippen molar-refractivity contribution < 1.29 is 60.8 Å². The Morgan fingerprint density at radius 3 is 1.41 bits per heavy atom. The largest absolute Gasteiger partial charge is 0.480 e. The Balaban J connectivity index is 0.000000196. The minimum absolute atomic E-state index is 0.0988. The van der Waals surface area contributed by atoms with Crippen LogP contribution < -0.4 is 27.1 Å². The van der Waals surface area contributed by atoms with Crippen LogP contribution in [0, 0.1) is 0 Å². The number of nitrogens with zero attached hydrogens (tertiary/aromatic N) is 5. The van der Waals surface area contributed by atoms with Gasteiger partial charge in [-0.1, -0.05) is 47.5 Å². The molecule has 0 atom stereocenters. The molecule has 0 saturated carbocycles. The first-order valence-electron chi connectivity index (χ1n) is 20.2. The molecule has 17 nitrogen and oxygen atoms in total. The first-order valence-corrected chi connectivity index (χ1v) is 21.0. The molecule has 25 heteroatoms. The zero-order valence-corrected chi connectivity index (χ0v) is 37.0. The number of aromatic nitrogens is 4. The highest BCUT2D eigenvalue weighted by atomic mass is 35.5. The van der Waals surface area contributed by atoms with Gasteiger partial charge in [-0.2, -0.15) is 26.3 Å². The average Bonchev–Trinajstić information content (AvgIpc) is 3.27. The molecule has 2 aliphatic rings. The number of likely N-dealkylation sites (tertiary alicyclic amines) is 1. The van der Waals surface area contributed by atoms with Gasteiger partial charge in [-0.15, -0.1) is 0 Å². The Morgan fingerprint density at radius 2 is 1.06 bits per heavy atom. The molecule has 0 unspecified atom stereocenters. The van der Waals surface area contributed by atoms with Crippen molar-refractivity contribution in [1.29, 1.82) is 0 Å². The Labute approximate surface area is 394 Å². The van der Waals surface area contributed by atoms with Gasteiger partial charge >= 0.3 is 18.3 Å². The van der Waals surface area contributed by atoms with Crippen LogP contribution in [0.3, 0.4) is 0 Å². The predicted octanol–water partition coefficient (Wildman–Crippen LogP) is 4.06. The number of hydrogen-bond donors (Lipinski definition) is 6. The van der Waals surface area contributed by atoms with Gasteiger partial charge in [-0.3, -0.25) is 37.9 Å². The summed E-state index contributed by atoms with van der Waals surface area (Å²) in [5, 5.41) is 36.8. The standard InChI is InChI=1S/C22H18ClF3N4O4.C18H14ClN3O4.C4H6F3NO/c23-15-5-3-13(4-6-15)9-28-19(32)16-8-14-2-1-7-27-18(14)30(20(16)33)10-17(31)29-11-21(34,12-29)22(24,25)26;19-13-5-3-11(4-6-13)9-21-17(25)14-8-12-2-1-7-20-16(12)22(18(14)26)10-15(23)24;5-4(6,7)3(9)1-8-2-3/h1-8,34H,9-12H2,(H,28,32);1-8H,9-10H2,(H,21,25)(H,23,24);8-9H,1-2H2. The van der Waals surface area contributed by atoms with Crippen LogP contribution in [0.1, 0.15) is 31.8 Å². The van der Waals surface area contributed by atoms with Crippen LogP contribution >= 0.6 is 23.2 Å². The molecule has 364 valence electrons. The molecule has 2 fully saturated rings. The molecule has 2 saturated heterocycles. The number of benzene rings is 2. The van der Waals surface area contributed by atoms with Crippen LogP contribution in [0.4, 0.5) is 26.3 Å². The Morgan fingerprint density at radius 1 is 0.652 bits per heavy atom. The number of amides is 3. The molecule has 0 bridgehead atoms. The molecule has 3 amide bonds. The second-order valence-corrected chi connectivity index (χ2v) is 16.5. The molecule has 69 heavy (non-hydrogen) atoms.